The van der Waals surface area contributed by atoms with Crippen LogP contribution in [-0.4, -0.2) is 41.3 Å². The number of carbonyl (C=O) groups excluding carboxylic acids is 2. The van der Waals surface area contributed by atoms with Crippen LogP contribution in [0.3, 0.4) is 0 Å². The molecule has 5 heteroatoms. The molecule has 22 heavy (non-hydrogen) atoms. The van der Waals surface area contributed by atoms with Crippen molar-refractivity contribution in [2.24, 2.45) is 11.7 Å². The van der Waals surface area contributed by atoms with Crippen LogP contribution in [0.25, 0.3) is 0 Å². The van der Waals surface area contributed by atoms with Gasteiger partial charge in [0.25, 0.3) is 0 Å². The van der Waals surface area contributed by atoms with Gasteiger partial charge in [-0.2, -0.15) is 0 Å². The van der Waals surface area contributed by atoms with Crippen LogP contribution < -0.4 is 5.73 Å². The fourth-order valence-electron chi connectivity index (χ4n) is 3.14. The van der Waals surface area contributed by atoms with Crippen LogP contribution in [0.5, 0.6) is 0 Å². The Balaban J connectivity index is 1.92. The standard InChI is InChI=1S/C17H24N2O2S/c1-2-13-10-19(17(21)12-22-11-16(18)20)9-8-15(13)14-6-4-3-5-7-14/h3-7,13,15H,2,8-12H2,1H3,(H2,18,20). The number of carbonyl (C=O) groups is 2. The van der Waals surface area contributed by atoms with Gasteiger partial charge in [0.15, 0.2) is 0 Å². The van der Waals surface area contributed by atoms with E-state index in [0.29, 0.717) is 17.6 Å². The van der Waals surface area contributed by atoms with Gasteiger partial charge in [-0.3, -0.25) is 9.59 Å². The van der Waals surface area contributed by atoms with Gasteiger partial charge in [0.05, 0.1) is 11.5 Å². The maximum Gasteiger partial charge on any atom is 0.232 e. The maximum atomic E-state index is 12.2. The van der Waals surface area contributed by atoms with Crippen molar-refractivity contribution in [2.75, 3.05) is 24.6 Å². The van der Waals surface area contributed by atoms with Crippen LogP contribution in [0.15, 0.2) is 30.3 Å². The topological polar surface area (TPSA) is 63.4 Å². The van der Waals surface area contributed by atoms with Crippen molar-refractivity contribution < 1.29 is 9.59 Å². The molecule has 0 aromatic heterocycles. The molecule has 0 aliphatic carbocycles. The summed E-state index contributed by atoms with van der Waals surface area (Å²) >= 11 is 1.30. The van der Waals surface area contributed by atoms with Gasteiger partial charge in [0, 0.05) is 13.1 Å². The summed E-state index contributed by atoms with van der Waals surface area (Å²) in [6.07, 6.45) is 2.08. The Morgan fingerprint density at radius 3 is 2.64 bits per heavy atom. The first-order valence-corrected chi connectivity index (χ1v) is 8.96. The second kappa shape index (κ2) is 8.22. The molecular formula is C17H24N2O2S. The summed E-state index contributed by atoms with van der Waals surface area (Å²) in [5.41, 5.74) is 6.48. The SMILES string of the molecule is CCC1CN(C(=O)CSCC(N)=O)CCC1c1ccccc1. The molecule has 0 radical (unpaired) electrons. The molecule has 0 saturated carbocycles. The average molecular weight is 320 g/mol. The Morgan fingerprint density at radius 1 is 1.27 bits per heavy atom. The fourth-order valence-corrected chi connectivity index (χ4v) is 3.80. The highest BCUT2D eigenvalue weighted by atomic mass is 32.2. The molecule has 1 aliphatic heterocycles. The number of hydrogen-bond acceptors (Lipinski definition) is 3. The van der Waals surface area contributed by atoms with Crippen molar-refractivity contribution in [2.45, 2.75) is 25.7 Å². The summed E-state index contributed by atoms with van der Waals surface area (Å²) in [7, 11) is 0. The normalized spacial score (nSPS) is 21.6. The van der Waals surface area contributed by atoms with Crippen LogP contribution in [0.4, 0.5) is 0 Å². The molecule has 2 N–H and O–H groups in total. The molecule has 2 unspecified atom stereocenters. The number of nitrogens with two attached hydrogens (primary N) is 1. The molecule has 0 bridgehead atoms. The van der Waals surface area contributed by atoms with Gasteiger partial charge in [0.2, 0.25) is 11.8 Å². The minimum absolute atomic E-state index is 0.121. The largest absolute Gasteiger partial charge is 0.369 e. The van der Waals surface area contributed by atoms with Gasteiger partial charge in [-0.15, -0.1) is 11.8 Å². The molecule has 4 nitrogen and oxygen atoms in total. The molecule has 2 amide bonds. The van der Waals surface area contributed by atoms with Crippen LogP contribution >= 0.6 is 11.8 Å². The third kappa shape index (κ3) is 4.50. The van der Waals surface area contributed by atoms with Crippen LogP contribution in [0, 0.1) is 5.92 Å². The molecule has 2 atom stereocenters. The van der Waals surface area contributed by atoms with Crippen LogP contribution in [0.2, 0.25) is 0 Å². The number of amides is 2. The Labute approximate surface area is 136 Å². The molecule has 1 saturated heterocycles. The van der Waals surface area contributed by atoms with E-state index in [1.165, 1.54) is 17.3 Å². The smallest absolute Gasteiger partial charge is 0.232 e. The zero-order valence-corrected chi connectivity index (χ0v) is 13.8. The zero-order valence-electron chi connectivity index (χ0n) is 13.0. The molecule has 0 spiro atoms. The van der Waals surface area contributed by atoms with Crippen LogP contribution in [-0.2, 0) is 9.59 Å². The van der Waals surface area contributed by atoms with Crippen LogP contribution in [0.1, 0.15) is 31.2 Å². The van der Waals surface area contributed by atoms with E-state index in [9.17, 15) is 9.59 Å². The van der Waals surface area contributed by atoms with E-state index in [-0.39, 0.29) is 17.6 Å². The van der Waals surface area contributed by atoms with E-state index < -0.39 is 0 Å². The lowest BCUT2D eigenvalue weighted by Crippen LogP contribution is -2.43. The molecule has 120 valence electrons. The molecular weight excluding hydrogens is 296 g/mol. The molecule has 1 aliphatic rings. The van der Waals surface area contributed by atoms with Gasteiger partial charge in [-0.05, 0) is 23.8 Å². The van der Waals surface area contributed by atoms with E-state index in [0.717, 1.165) is 25.9 Å². The summed E-state index contributed by atoms with van der Waals surface area (Å²) < 4.78 is 0. The van der Waals surface area contributed by atoms with Crippen molar-refractivity contribution >= 4 is 23.6 Å². The van der Waals surface area contributed by atoms with Crippen molar-refractivity contribution in [1.82, 2.24) is 4.90 Å². The summed E-state index contributed by atoms with van der Waals surface area (Å²) in [6.45, 7) is 3.80. The van der Waals surface area contributed by atoms with Gasteiger partial charge in [-0.25, -0.2) is 0 Å². The lowest BCUT2D eigenvalue weighted by molar-refractivity contribution is -0.130. The Hall–Kier alpha value is -1.49. The highest BCUT2D eigenvalue weighted by Gasteiger charge is 2.31. The molecule has 1 fully saturated rings. The van der Waals surface area contributed by atoms with Gasteiger partial charge < -0.3 is 10.6 Å². The van der Waals surface area contributed by atoms with Gasteiger partial charge in [-0.1, -0.05) is 43.7 Å². The zero-order chi connectivity index (χ0) is 15.9. The number of benzene rings is 1. The Bertz CT molecular complexity index is 507. The second-order valence-corrected chi connectivity index (χ2v) is 6.76. The molecule has 1 heterocycles. The third-order valence-electron chi connectivity index (χ3n) is 4.31. The number of likely N-dealkylation sites (tertiary alicyclic amines) is 1. The lowest BCUT2D eigenvalue weighted by atomic mass is 9.79. The number of nitrogens with zero attached hydrogens (tertiary/aromatic N) is 1. The fraction of sp³-hybridized carbons (Fsp3) is 0.529. The maximum absolute atomic E-state index is 12.2. The number of hydrogen-bond donors (Lipinski definition) is 1. The molecule has 1 aromatic rings. The predicted molar refractivity (Wildman–Crippen MR) is 90.7 cm³/mol. The number of rotatable bonds is 6. The van der Waals surface area contributed by atoms with Gasteiger partial charge >= 0.3 is 0 Å². The van der Waals surface area contributed by atoms with Crippen molar-refractivity contribution in [1.29, 1.82) is 0 Å². The Kier molecular flexibility index (Phi) is 6.31. The van der Waals surface area contributed by atoms with Crippen molar-refractivity contribution in [3.05, 3.63) is 35.9 Å². The minimum Gasteiger partial charge on any atom is -0.369 e. The molecule has 1 aromatic carbocycles. The second-order valence-electron chi connectivity index (χ2n) is 5.77. The van der Waals surface area contributed by atoms with E-state index in [1.54, 1.807) is 0 Å². The summed E-state index contributed by atoms with van der Waals surface area (Å²) in [6, 6.07) is 10.6. The number of primary amides is 1. The first-order chi connectivity index (χ1) is 10.6. The summed E-state index contributed by atoms with van der Waals surface area (Å²) in [5, 5.41) is 0. The van der Waals surface area contributed by atoms with Crippen molar-refractivity contribution in [3.8, 4) is 0 Å². The highest BCUT2D eigenvalue weighted by molar-refractivity contribution is 8.00. The van der Waals surface area contributed by atoms with E-state index >= 15 is 0 Å². The summed E-state index contributed by atoms with van der Waals surface area (Å²) in [5.74, 6) is 1.34. The van der Waals surface area contributed by atoms with E-state index in [2.05, 4.69) is 31.2 Å². The van der Waals surface area contributed by atoms with Crippen molar-refractivity contribution in [3.63, 3.8) is 0 Å². The lowest BCUT2D eigenvalue weighted by Gasteiger charge is -2.38. The van der Waals surface area contributed by atoms with E-state index in [4.69, 9.17) is 5.73 Å². The highest BCUT2D eigenvalue weighted by Crippen LogP contribution is 2.34. The number of piperidine rings is 1. The monoisotopic (exact) mass is 320 g/mol. The average Bonchev–Trinajstić information content (AvgIpc) is 2.54. The predicted octanol–water partition coefficient (Wildman–Crippen LogP) is 2.25. The summed E-state index contributed by atoms with van der Waals surface area (Å²) in [4.78, 5) is 24.9. The quantitative estimate of drug-likeness (QED) is 0.874. The Morgan fingerprint density at radius 2 is 2.00 bits per heavy atom. The first-order valence-electron chi connectivity index (χ1n) is 7.80. The van der Waals surface area contributed by atoms with E-state index in [1.807, 2.05) is 11.0 Å². The first kappa shape index (κ1) is 16.9. The number of thioether (sulfide) groups is 1. The minimum atomic E-state index is -0.368. The third-order valence-corrected chi connectivity index (χ3v) is 5.25. The molecule has 2 rings (SSSR count). The van der Waals surface area contributed by atoms with Gasteiger partial charge in [0.1, 0.15) is 0 Å².